The molecule has 0 heterocycles. The van der Waals surface area contributed by atoms with E-state index in [9.17, 15) is 4.79 Å². The highest BCUT2D eigenvalue weighted by atomic mass is 16.5. The van der Waals surface area contributed by atoms with Gasteiger partial charge in [0.1, 0.15) is 18.1 Å². The van der Waals surface area contributed by atoms with Crippen LogP contribution >= 0.6 is 0 Å². The number of likely N-dealkylation sites (N-methyl/N-ethyl adjacent to an activating group) is 1. The fourth-order valence-electron chi connectivity index (χ4n) is 1.38. The lowest BCUT2D eigenvalue weighted by Gasteiger charge is -2.07. The van der Waals surface area contributed by atoms with Crippen molar-refractivity contribution in [3.05, 3.63) is 29.8 Å². The summed E-state index contributed by atoms with van der Waals surface area (Å²) in [6.45, 7) is 7.11. The van der Waals surface area contributed by atoms with Crippen LogP contribution in [0.5, 0.6) is 5.75 Å². The van der Waals surface area contributed by atoms with Gasteiger partial charge in [-0.2, -0.15) is 0 Å². The average Bonchev–Trinajstić information content (AvgIpc) is 2.40. The number of Topliss-reactive ketones (excluding diaryl/α,β-unsaturated/α-hetero) is 1. The zero-order chi connectivity index (χ0) is 13.8. The molecule has 0 aliphatic rings. The van der Waals surface area contributed by atoms with Crippen molar-refractivity contribution >= 4 is 5.78 Å². The molecule has 0 aromatic heterocycles. The Labute approximate surface area is 111 Å². The van der Waals surface area contributed by atoms with Crippen molar-refractivity contribution in [2.45, 2.75) is 33.6 Å². The van der Waals surface area contributed by atoms with Crippen LogP contribution in [0.1, 0.15) is 32.8 Å². The maximum Gasteiger partial charge on any atom is 0.130 e. The maximum atomic E-state index is 10.9. The number of ether oxygens (including phenoxy) is 1. The molecule has 0 saturated carbocycles. The Morgan fingerprint density at radius 1 is 1.33 bits per heavy atom. The molecule has 0 atom stereocenters. The van der Waals surface area contributed by atoms with Gasteiger partial charge in [0, 0.05) is 13.0 Å². The van der Waals surface area contributed by atoms with E-state index in [1.54, 1.807) is 6.92 Å². The van der Waals surface area contributed by atoms with E-state index in [4.69, 9.17) is 4.74 Å². The first-order chi connectivity index (χ1) is 8.72. The van der Waals surface area contributed by atoms with E-state index >= 15 is 0 Å². The number of carbonyl (C=O) groups is 1. The summed E-state index contributed by atoms with van der Waals surface area (Å²) >= 11 is 0. The van der Waals surface area contributed by atoms with E-state index in [1.165, 1.54) is 0 Å². The number of carbonyl (C=O) groups excluding carboxylic acids is 1. The van der Waals surface area contributed by atoms with Gasteiger partial charge < -0.3 is 14.8 Å². The minimum absolute atomic E-state index is 0.224. The van der Waals surface area contributed by atoms with Gasteiger partial charge in [-0.15, -0.1) is 0 Å². The van der Waals surface area contributed by atoms with E-state index in [0.717, 1.165) is 24.3 Å². The second-order valence-electron chi connectivity index (χ2n) is 3.80. The number of aryl methyl sites for hydroxylation is 1. The van der Waals surface area contributed by atoms with Gasteiger partial charge in [0.25, 0.3) is 0 Å². The summed E-state index contributed by atoms with van der Waals surface area (Å²) < 4.78 is 5.55. The van der Waals surface area contributed by atoms with Gasteiger partial charge in [-0.05, 0) is 38.1 Å². The molecule has 3 nitrogen and oxygen atoms in total. The van der Waals surface area contributed by atoms with Crippen LogP contribution in [0.15, 0.2) is 24.3 Å². The Kier molecular flexibility index (Phi) is 9.97. The molecule has 0 aliphatic heterocycles. The normalized spacial score (nSPS) is 9.33. The molecule has 102 valence electrons. The van der Waals surface area contributed by atoms with E-state index in [2.05, 4.69) is 5.32 Å². The van der Waals surface area contributed by atoms with Gasteiger partial charge in [0.15, 0.2) is 0 Å². The molecule has 1 N–H and O–H groups in total. The van der Waals surface area contributed by atoms with Gasteiger partial charge >= 0.3 is 0 Å². The molecule has 0 amide bonds. The predicted molar refractivity (Wildman–Crippen MR) is 76.2 cm³/mol. The summed E-state index contributed by atoms with van der Waals surface area (Å²) in [5.74, 6) is 1.10. The molecule has 0 bridgehead atoms. The summed E-state index contributed by atoms with van der Waals surface area (Å²) in [6, 6.07) is 7.92. The van der Waals surface area contributed by atoms with Crippen LogP contribution in [0, 0.1) is 0 Å². The second kappa shape index (κ2) is 10.8. The molecule has 1 aromatic rings. The van der Waals surface area contributed by atoms with Gasteiger partial charge in [-0.25, -0.2) is 0 Å². The number of nitrogens with one attached hydrogen (secondary N) is 1. The zero-order valence-corrected chi connectivity index (χ0v) is 12.0. The molecule has 3 heteroatoms. The van der Waals surface area contributed by atoms with Crippen molar-refractivity contribution in [3.8, 4) is 5.75 Å². The van der Waals surface area contributed by atoms with Gasteiger partial charge in [0.2, 0.25) is 0 Å². The Balaban J connectivity index is 0.00000137. The molecule has 0 fully saturated rings. The number of ketones is 1. The first-order valence-electron chi connectivity index (χ1n) is 6.58. The molecular formula is C15H25NO2. The van der Waals surface area contributed by atoms with Crippen LogP contribution in [0.3, 0.4) is 0 Å². The van der Waals surface area contributed by atoms with Crippen molar-refractivity contribution < 1.29 is 9.53 Å². The van der Waals surface area contributed by atoms with Crippen LogP contribution in [0.25, 0.3) is 0 Å². The summed E-state index contributed by atoms with van der Waals surface area (Å²) in [7, 11) is 1.90. The first-order valence-corrected chi connectivity index (χ1v) is 6.58. The number of hydrogen-bond donors (Lipinski definition) is 1. The molecule has 0 aliphatic carbocycles. The van der Waals surface area contributed by atoms with Crippen LogP contribution in [0.4, 0.5) is 0 Å². The highest BCUT2D eigenvalue weighted by molar-refractivity contribution is 5.75. The third-order valence-corrected chi connectivity index (χ3v) is 2.28. The SMILES string of the molecule is CC.CNCCOc1cccc(CCC(C)=O)c1. The third-order valence-electron chi connectivity index (χ3n) is 2.28. The smallest absolute Gasteiger partial charge is 0.130 e. The largest absolute Gasteiger partial charge is 0.492 e. The lowest BCUT2D eigenvalue weighted by molar-refractivity contribution is -0.116. The Morgan fingerprint density at radius 2 is 2.06 bits per heavy atom. The summed E-state index contributed by atoms with van der Waals surface area (Å²) in [6.07, 6.45) is 1.39. The Hall–Kier alpha value is -1.35. The van der Waals surface area contributed by atoms with Crippen molar-refractivity contribution in [2.24, 2.45) is 0 Å². The van der Waals surface area contributed by atoms with Gasteiger partial charge in [-0.1, -0.05) is 26.0 Å². The summed E-state index contributed by atoms with van der Waals surface area (Å²) in [5, 5.41) is 3.02. The topological polar surface area (TPSA) is 38.3 Å². The summed E-state index contributed by atoms with van der Waals surface area (Å²) in [4.78, 5) is 10.9. The fourth-order valence-corrected chi connectivity index (χ4v) is 1.38. The van der Waals surface area contributed by atoms with E-state index in [-0.39, 0.29) is 5.78 Å². The van der Waals surface area contributed by atoms with Crippen LogP contribution in [-0.4, -0.2) is 26.0 Å². The highest BCUT2D eigenvalue weighted by Crippen LogP contribution is 2.14. The van der Waals surface area contributed by atoms with Crippen molar-refractivity contribution in [2.75, 3.05) is 20.2 Å². The first kappa shape index (κ1) is 16.6. The van der Waals surface area contributed by atoms with Crippen molar-refractivity contribution in [3.63, 3.8) is 0 Å². The molecule has 0 saturated heterocycles. The molecule has 18 heavy (non-hydrogen) atoms. The lowest BCUT2D eigenvalue weighted by atomic mass is 10.1. The standard InChI is InChI=1S/C13H19NO2.C2H6/c1-11(15)6-7-12-4-3-5-13(10-12)16-9-8-14-2;1-2/h3-5,10,14H,6-9H2,1-2H3;1-2H3. The molecule has 0 radical (unpaired) electrons. The Bertz CT molecular complexity index is 337. The maximum absolute atomic E-state index is 10.9. The lowest BCUT2D eigenvalue weighted by Crippen LogP contribution is -2.15. The molecule has 1 rings (SSSR count). The predicted octanol–water partition coefficient (Wildman–Crippen LogP) is 2.83. The average molecular weight is 251 g/mol. The highest BCUT2D eigenvalue weighted by Gasteiger charge is 1.99. The monoisotopic (exact) mass is 251 g/mol. The minimum Gasteiger partial charge on any atom is -0.492 e. The molecule has 0 unspecified atom stereocenters. The minimum atomic E-state index is 0.224. The van der Waals surface area contributed by atoms with Crippen molar-refractivity contribution in [1.82, 2.24) is 5.32 Å². The second-order valence-corrected chi connectivity index (χ2v) is 3.80. The molecule has 1 aromatic carbocycles. The van der Waals surface area contributed by atoms with Crippen molar-refractivity contribution in [1.29, 1.82) is 0 Å². The van der Waals surface area contributed by atoms with Gasteiger partial charge in [-0.3, -0.25) is 0 Å². The fraction of sp³-hybridized carbons (Fsp3) is 0.533. The van der Waals surface area contributed by atoms with Gasteiger partial charge in [0.05, 0.1) is 0 Å². The summed E-state index contributed by atoms with van der Waals surface area (Å²) in [5.41, 5.74) is 1.15. The zero-order valence-electron chi connectivity index (χ0n) is 12.0. The number of hydrogen-bond acceptors (Lipinski definition) is 3. The Morgan fingerprint density at radius 3 is 2.67 bits per heavy atom. The van der Waals surface area contributed by atoms with E-state index in [1.807, 2.05) is 45.2 Å². The third kappa shape index (κ3) is 7.85. The van der Waals surface area contributed by atoms with Crippen LogP contribution < -0.4 is 10.1 Å². The number of benzene rings is 1. The molecule has 0 spiro atoms. The molecular weight excluding hydrogens is 226 g/mol. The van der Waals surface area contributed by atoms with Crippen LogP contribution in [-0.2, 0) is 11.2 Å². The van der Waals surface area contributed by atoms with E-state index < -0.39 is 0 Å². The van der Waals surface area contributed by atoms with E-state index in [0.29, 0.717) is 13.0 Å². The van der Waals surface area contributed by atoms with Crippen LogP contribution in [0.2, 0.25) is 0 Å². The quantitative estimate of drug-likeness (QED) is 0.757. The number of rotatable bonds is 7.